The fourth-order valence-corrected chi connectivity index (χ4v) is 4.56. The minimum absolute atomic E-state index is 0.202. The first-order valence-electron chi connectivity index (χ1n) is 13.0. The fourth-order valence-electron chi connectivity index (χ4n) is 4.56. The number of nitrogens with one attached hydrogen (secondary N) is 1. The van der Waals surface area contributed by atoms with E-state index in [-0.39, 0.29) is 11.9 Å². The van der Waals surface area contributed by atoms with Crippen molar-refractivity contribution in [2.24, 2.45) is 5.92 Å². The number of carbonyl (C=O) groups excluding carboxylic acids is 1. The van der Waals surface area contributed by atoms with Crippen LogP contribution in [0.15, 0.2) is 78.7 Å². The highest BCUT2D eigenvalue weighted by atomic mass is 16.5. The molecule has 1 aromatic rings. The van der Waals surface area contributed by atoms with E-state index in [1.165, 1.54) is 36.1 Å². The van der Waals surface area contributed by atoms with Gasteiger partial charge in [-0.3, -0.25) is 4.79 Å². The van der Waals surface area contributed by atoms with E-state index < -0.39 is 0 Å². The third-order valence-electron chi connectivity index (χ3n) is 6.99. The van der Waals surface area contributed by atoms with Gasteiger partial charge in [0.2, 0.25) is 0 Å². The Kier molecular flexibility index (Phi) is 10.0. The fraction of sp³-hybridized carbons (Fsp3) is 0.452. The number of allylic oxidation sites excluding steroid dienone is 6. The van der Waals surface area contributed by atoms with Crippen LogP contribution in [0.4, 0.5) is 0 Å². The third kappa shape index (κ3) is 8.31. The van der Waals surface area contributed by atoms with E-state index in [2.05, 4.69) is 49.5 Å². The van der Waals surface area contributed by atoms with E-state index in [1.807, 2.05) is 43.4 Å². The first kappa shape index (κ1) is 26.6. The molecule has 0 saturated carbocycles. The number of hydrogen-bond donors (Lipinski definition) is 1. The van der Waals surface area contributed by atoms with Gasteiger partial charge in [0.15, 0.2) is 0 Å². The van der Waals surface area contributed by atoms with E-state index in [0.717, 1.165) is 43.5 Å². The normalized spacial score (nSPS) is 18.2. The molecule has 2 aliphatic carbocycles. The second-order valence-corrected chi connectivity index (χ2v) is 9.96. The summed E-state index contributed by atoms with van der Waals surface area (Å²) in [7, 11) is 2.08. The van der Waals surface area contributed by atoms with Gasteiger partial charge in [0.1, 0.15) is 5.75 Å². The molecule has 4 heteroatoms. The predicted octanol–water partition coefficient (Wildman–Crippen LogP) is 7.14. The van der Waals surface area contributed by atoms with Gasteiger partial charge in [-0.2, -0.15) is 0 Å². The van der Waals surface area contributed by atoms with E-state index >= 15 is 0 Å². The van der Waals surface area contributed by atoms with Gasteiger partial charge in [-0.1, -0.05) is 48.6 Å². The van der Waals surface area contributed by atoms with Gasteiger partial charge in [-0.25, -0.2) is 0 Å². The molecule has 1 N–H and O–H groups in total. The van der Waals surface area contributed by atoms with Crippen molar-refractivity contribution < 1.29 is 9.53 Å². The number of aryl methyl sites for hydroxylation is 1. The number of benzene rings is 1. The Hall–Kier alpha value is -3.01. The molecule has 0 spiro atoms. The van der Waals surface area contributed by atoms with Crippen LogP contribution < -0.4 is 10.1 Å². The minimum Gasteiger partial charge on any atom is -0.426 e. The SMILES string of the molecule is C=CCC(CCC(=C)N(C)Cc1cc(OC(=O)C2C=CC(C)=CC2)ccc1C)NC1=CCCCC1. The molecule has 0 amide bonds. The molecular formula is C31H42N2O2. The molecule has 2 aliphatic rings. The quantitative estimate of drug-likeness (QED) is 0.199. The van der Waals surface area contributed by atoms with Crippen molar-refractivity contribution in [3.8, 4) is 5.75 Å². The molecule has 1 aromatic carbocycles. The van der Waals surface area contributed by atoms with Crippen LogP contribution in [0, 0.1) is 12.8 Å². The number of carbonyl (C=O) groups is 1. The number of esters is 1. The van der Waals surface area contributed by atoms with Crippen molar-refractivity contribution in [2.45, 2.75) is 77.8 Å². The van der Waals surface area contributed by atoms with Gasteiger partial charge >= 0.3 is 5.97 Å². The molecule has 0 radical (unpaired) electrons. The van der Waals surface area contributed by atoms with Crippen molar-refractivity contribution in [3.05, 3.63) is 89.8 Å². The highest BCUT2D eigenvalue weighted by Crippen LogP contribution is 2.24. The van der Waals surface area contributed by atoms with Gasteiger partial charge in [0.25, 0.3) is 0 Å². The van der Waals surface area contributed by atoms with Crippen LogP contribution in [-0.2, 0) is 11.3 Å². The number of nitrogens with zero attached hydrogens (tertiary/aromatic N) is 1. The van der Waals surface area contributed by atoms with Crippen molar-refractivity contribution in [2.75, 3.05) is 7.05 Å². The summed E-state index contributed by atoms with van der Waals surface area (Å²) in [4.78, 5) is 14.8. The molecule has 0 saturated heterocycles. The molecule has 0 fully saturated rings. The van der Waals surface area contributed by atoms with Crippen LogP contribution in [0.3, 0.4) is 0 Å². The highest BCUT2D eigenvalue weighted by Gasteiger charge is 2.19. The number of rotatable bonds is 12. The van der Waals surface area contributed by atoms with Crippen LogP contribution in [0.1, 0.15) is 69.4 Å². The maximum absolute atomic E-state index is 12.6. The van der Waals surface area contributed by atoms with Crippen LogP contribution in [-0.4, -0.2) is 24.0 Å². The number of hydrogen-bond acceptors (Lipinski definition) is 4. The molecule has 0 heterocycles. The van der Waals surface area contributed by atoms with Crippen LogP contribution in [0.5, 0.6) is 5.75 Å². The van der Waals surface area contributed by atoms with E-state index in [0.29, 0.717) is 18.2 Å². The molecule has 4 nitrogen and oxygen atoms in total. The Morgan fingerprint density at radius 2 is 2.11 bits per heavy atom. The summed E-state index contributed by atoms with van der Waals surface area (Å²) in [5.41, 5.74) is 6.00. The summed E-state index contributed by atoms with van der Waals surface area (Å²) in [6.45, 7) is 13.2. The van der Waals surface area contributed by atoms with Gasteiger partial charge in [-0.05, 0) is 88.5 Å². The van der Waals surface area contributed by atoms with Crippen molar-refractivity contribution >= 4 is 5.97 Å². The largest absolute Gasteiger partial charge is 0.426 e. The lowest BCUT2D eigenvalue weighted by molar-refractivity contribution is -0.137. The third-order valence-corrected chi connectivity index (χ3v) is 6.99. The van der Waals surface area contributed by atoms with Crippen molar-refractivity contribution in [3.63, 3.8) is 0 Å². The maximum atomic E-state index is 12.6. The Morgan fingerprint density at radius 3 is 2.80 bits per heavy atom. The monoisotopic (exact) mass is 474 g/mol. The molecule has 0 aromatic heterocycles. The Bertz CT molecular complexity index is 1000. The van der Waals surface area contributed by atoms with Crippen LogP contribution in [0.25, 0.3) is 0 Å². The summed E-state index contributed by atoms with van der Waals surface area (Å²) < 4.78 is 5.72. The molecular weight excluding hydrogens is 432 g/mol. The Balaban J connectivity index is 1.54. The smallest absolute Gasteiger partial charge is 0.318 e. The molecule has 3 rings (SSSR count). The molecule has 188 valence electrons. The average molecular weight is 475 g/mol. The van der Waals surface area contributed by atoms with Gasteiger partial charge in [0, 0.05) is 31.0 Å². The summed E-state index contributed by atoms with van der Waals surface area (Å²) in [5, 5.41) is 3.74. The van der Waals surface area contributed by atoms with E-state index in [9.17, 15) is 4.79 Å². The summed E-state index contributed by atoms with van der Waals surface area (Å²) >= 11 is 0. The predicted molar refractivity (Wildman–Crippen MR) is 146 cm³/mol. The minimum atomic E-state index is -0.215. The second kappa shape index (κ2) is 13.2. The van der Waals surface area contributed by atoms with E-state index in [1.54, 1.807) is 0 Å². The lowest BCUT2D eigenvalue weighted by Gasteiger charge is -2.26. The first-order valence-corrected chi connectivity index (χ1v) is 13.0. The van der Waals surface area contributed by atoms with Crippen LogP contribution >= 0.6 is 0 Å². The first-order chi connectivity index (χ1) is 16.9. The topological polar surface area (TPSA) is 41.6 Å². The van der Waals surface area contributed by atoms with Crippen LogP contribution in [0.2, 0.25) is 0 Å². The van der Waals surface area contributed by atoms with Gasteiger partial charge < -0.3 is 15.0 Å². The Labute approximate surface area is 212 Å². The average Bonchev–Trinajstić information content (AvgIpc) is 2.85. The maximum Gasteiger partial charge on any atom is 0.318 e. The zero-order valence-electron chi connectivity index (χ0n) is 21.8. The highest BCUT2D eigenvalue weighted by molar-refractivity contribution is 5.77. The van der Waals surface area contributed by atoms with Crippen molar-refractivity contribution in [1.29, 1.82) is 0 Å². The lowest BCUT2D eigenvalue weighted by atomic mass is 9.97. The zero-order valence-corrected chi connectivity index (χ0v) is 21.8. The zero-order chi connectivity index (χ0) is 25.2. The molecule has 0 bridgehead atoms. The number of ether oxygens (including phenoxy) is 1. The Morgan fingerprint density at radius 1 is 1.29 bits per heavy atom. The molecule has 2 atom stereocenters. The summed E-state index contributed by atoms with van der Waals surface area (Å²) in [6.07, 6.45) is 18.8. The van der Waals surface area contributed by atoms with Crippen molar-refractivity contribution in [1.82, 2.24) is 10.2 Å². The summed E-state index contributed by atoms with van der Waals surface area (Å²) in [6, 6.07) is 6.28. The van der Waals surface area contributed by atoms with Gasteiger partial charge in [0.05, 0.1) is 5.92 Å². The van der Waals surface area contributed by atoms with Gasteiger partial charge in [-0.15, -0.1) is 6.58 Å². The molecule has 35 heavy (non-hydrogen) atoms. The standard InChI is InChI=1S/C31H42N2O2/c1-6-10-28(32-29-11-8-7-9-12-29)19-16-25(4)33(5)22-27-21-30(20-15-24(27)3)35-31(34)26-17-13-23(2)14-18-26/h6,11,13-15,17,20-21,26,28,32H,1,4,7-10,12,16,18-19,22H2,2-3,5H3. The van der Waals surface area contributed by atoms with E-state index in [4.69, 9.17) is 4.74 Å². The lowest BCUT2D eigenvalue weighted by Crippen LogP contribution is -2.29. The summed E-state index contributed by atoms with van der Waals surface area (Å²) in [5.74, 6) is 0.184. The molecule has 0 aliphatic heterocycles. The molecule has 2 unspecified atom stereocenters. The second-order valence-electron chi connectivity index (χ2n) is 9.96.